The third-order valence-corrected chi connectivity index (χ3v) is 4.76. The lowest BCUT2D eigenvalue weighted by Gasteiger charge is -2.25. The Bertz CT molecular complexity index is 675. The van der Waals surface area contributed by atoms with Crippen LogP contribution in [0.5, 0.6) is 0 Å². The van der Waals surface area contributed by atoms with Crippen LogP contribution in [0.4, 0.5) is 0 Å². The molecule has 1 heterocycles. The number of aryl methyl sites for hydroxylation is 1. The van der Waals surface area contributed by atoms with Crippen molar-refractivity contribution in [1.29, 1.82) is 0 Å². The summed E-state index contributed by atoms with van der Waals surface area (Å²) in [6, 6.07) is 5.73. The van der Waals surface area contributed by atoms with Crippen LogP contribution in [0.3, 0.4) is 0 Å². The molecule has 1 fully saturated rings. The van der Waals surface area contributed by atoms with Crippen molar-refractivity contribution in [3.8, 4) is 0 Å². The summed E-state index contributed by atoms with van der Waals surface area (Å²) in [5.41, 5.74) is 1.95. The van der Waals surface area contributed by atoms with E-state index in [9.17, 15) is 9.90 Å². The molecule has 1 aromatic carbocycles. The molecule has 0 saturated heterocycles. The highest BCUT2D eigenvalue weighted by Crippen LogP contribution is 2.36. The largest absolute Gasteiger partial charge is 0.478 e. The molecule has 1 aliphatic carbocycles. The molecule has 0 bridgehead atoms. The fourth-order valence-corrected chi connectivity index (χ4v) is 3.70. The first kappa shape index (κ1) is 14.1. The molecule has 0 spiro atoms. The van der Waals surface area contributed by atoms with Gasteiger partial charge in [-0.1, -0.05) is 32.3 Å². The van der Waals surface area contributed by atoms with Gasteiger partial charge in [-0.25, -0.2) is 9.78 Å². The monoisotopic (exact) mass is 286 g/mol. The molecule has 3 rings (SSSR count). The van der Waals surface area contributed by atoms with Gasteiger partial charge in [0.25, 0.3) is 0 Å². The summed E-state index contributed by atoms with van der Waals surface area (Å²) in [4.78, 5) is 16.2. The molecule has 1 N–H and O–H groups in total. The lowest BCUT2D eigenvalue weighted by atomic mass is 9.96. The topological polar surface area (TPSA) is 55.1 Å². The van der Waals surface area contributed by atoms with E-state index < -0.39 is 5.97 Å². The number of hydrogen-bond acceptors (Lipinski definition) is 2. The van der Waals surface area contributed by atoms with Crippen molar-refractivity contribution in [1.82, 2.24) is 9.55 Å². The Balaban J connectivity index is 2.21. The molecule has 2 atom stereocenters. The minimum atomic E-state index is -0.872. The number of carboxylic acid groups (broad SMARTS) is 1. The van der Waals surface area contributed by atoms with E-state index in [1.54, 1.807) is 12.1 Å². The first-order chi connectivity index (χ1) is 10.1. The van der Waals surface area contributed by atoms with Gasteiger partial charge >= 0.3 is 5.97 Å². The van der Waals surface area contributed by atoms with Gasteiger partial charge in [-0.05, 0) is 37.8 Å². The molecule has 2 unspecified atom stereocenters. The standard InChI is InChI=1S/C17H22N2O2/c1-11-7-4-3-5-10-15(11)19-12(2)18-14-9-6-8-13(16(14)19)17(20)21/h6,8-9,11,15H,3-5,7,10H2,1-2H3,(H,20,21). The quantitative estimate of drug-likeness (QED) is 0.842. The number of benzene rings is 1. The van der Waals surface area contributed by atoms with Crippen molar-refractivity contribution in [2.75, 3.05) is 0 Å². The van der Waals surface area contributed by atoms with Gasteiger partial charge in [-0.15, -0.1) is 0 Å². The van der Waals surface area contributed by atoms with Crippen LogP contribution < -0.4 is 0 Å². The zero-order valence-corrected chi connectivity index (χ0v) is 12.7. The molecule has 0 radical (unpaired) electrons. The second-order valence-electron chi connectivity index (χ2n) is 6.19. The number of imidazole rings is 1. The van der Waals surface area contributed by atoms with Crippen LogP contribution >= 0.6 is 0 Å². The Labute approximate surface area is 124 Å². The molecule has 1 aromatic heterocycles. The number of aromatic carboxylic acids is 1. The molecular formula is C17H22N2O2. The number of carboxylic acids is 1. The molecule has 1 saturated carbocycles. The number of nitrogens with zero attached hydrogens (tertiary/aromatic N) is 2. The molecule has 21 heavy (non-hydrogen) atoms. The van der Waals surface area contributed by atoms with Crippen LogP contribution in [0.2, 0.25) is 0 Å². The van der Waals surface area contributed by atoms with E-state index in [1.165, 1.54) is 25.7 Å². The van der Waals surface area contributed by atoms with Gasteiger partial charge in [0.15, 0.2) is 0 Å². The second kappa shape index (κ2) is 5.51. The molecular weight excluding hydrogens is 264 g/mol. The first-order valence-electron chi connectivity index (χ1n) is 7.80. The van der Waals surface area contributed by atoms with E-state index >= 15 is 0 Å². The third kappa shape index (κ3) is 2.43. The van der Waals surface area contributed by atoms with Crippen LogP contribution in [0.1, 0.15) is 61.3 Å². The van der Waals surface area contributed by atoms with Gasteiger partial charge in [0.2, 0.25) is 0 Å². The Kier molecular flexibility index (Phi) is 3.70. The molecule has 4 heteroatoms. The van der Waals surface area contributed by atoms with E-state index in [1.807, 2.05) is 13.0 Å². The summed E-state index contributed by atoms with van der Waals surface area (Å²) in [5.74, 6) is 0.617. The summed E-state index contributed by atoms with van der Waals surface area (Å²) < 4.78 is 2.19. The van der Waals surface area contributed by atoms with Crippen molar-refractivity contribution < 1.29 is 9.90 Å². The Morgan fingerprint density at radius 1 is 1.29 bits per heavy atom. The van der Waals surface area contributed by atoms with E-state index in [4.69, 9.17) is 0 Å². The summed E-state index contributed by atoms with van der Waals surface area (Å²) in [6.07, 6.45) is 6.08. The van der Waals surface area contributed by atoms with E-state index in [0.29, 0.717) is 17.5 Å². The van der Waals surface area contributed by atoms with Crippen molar-refractivity contribution in [3.05, 3.63) is 29.6 Å². The Morgan fingerprint density at radius 2 is 2.05 bits per heavy atom. The third-order valence-electron chi connectivity index (χ3n) is 4.76. The minimum absolute atomic E-state index is 0.359. The van der Waals surface area contributed by atoms with Crippen molar-refractivity contribution in [2.24, 2.45) is 5.92 Å². The normalized spacial score (nSPS) is 23.1. The minimum Gasteiger partial charge on any atom is -0.478 e. The lowest BCUT2D eigenvalue weighted by molar-refractivity contribution is 0.0698. The Morgan fingerprint density at radius 3 is 2.81 bits per heavy atom. The number of para-hydroxylation sites is 1. The molecule has 2 aromatic rings. The second-order valence-corrected chi connectivity index (χ2v) is 6.19. The van der Waals surface area contributed by atoms with Crippen molar-refractivity contribution in [2.45, 2.75) is 52.0 Å². The fourth-order valence-electron chi connectivity index (χ4n) is 3.70. The van der Waals surface area contributed by atoms with Crippen molar-refractivity contribution >= 4 is 17.0 Å². The highest BCUT2D eigenvalue weighted by molar-refractivity contribution is 6.01. The first-order valence-corrected chi connectivity index (χ1v) is 7.80. The number of fused-ring (bicyclic) bond motifs is 1. The summed E-state index contributed by atoms with van der Waals surface area (Å²) in [6.45, 7) is 4.27. The molecule has 4 nitrogen and oxygen atoms in total. The number of hydrogen-bond donors (Lipinski definition) is 1. The zero-order valence-electron chi connectivity index (χ0n) is 12.7. The number of carbonyl (C=O) groups is 1. The van der Waals surface area contributed by atoms with Crippen LogP contribution in [-0.4, -0.2) is 20.6 Å². The van der Waals surface area contributed by atoms with E-state index in [0.717, 1.165) is 23.3 Å². The molecule has 0 amide bonds. The summed E-state index contributed by atoms with van der Waals surface area (Å²) in [5, 5.41) is 9.50. The zero-order chi connectivity index (χ0) is 15.0. The van der Waals surface area contributed by atoms with Gasteiger partial charge in [0.05, 0.1) is 16.6 Å². The number of rotatable bonds is 2. The maximum Gasteiger partial charge on any atom is 0.337 e. The van der Waals surface area contributed by atoms with Gasteiger partial charge < -0.3 is 9.67 Å². The van der Waals surface area contributed by atoms with Gasteiger partial charge in [-0.2, -0.15) is 0 Å². The summed E-state index contributed by atoms with van der Waals surface area (Å²) >= 11 is 0. The van der Waals surface area contributed by atoms with Crippen molar-refractivity contribution in [3.63, 3.8) is 0 Å². The predicted octanol–water partition coefficient (Wildman–Crippen LogP) is 4.18. The average molecular weight is 286 g/mol. The highest BCUT2D eigenvalue weighted by atomic mass is 16.4. The van der Waals surface area contributed by atoms with Crippen LogP contribution in [0.15, 0.2) is 18.2 Å². The molecule has 0 aliphatic heterocycles. The van der Waals surface area contributed by atoms with E-state index in [2.05, 4.69) is 16.5 Å². The predicted molar refractivity (Wildman–Crippen MR) is 82.7 cm³/mol. The molecule has 1 aliphatic rings. The smallest absolute Gasteiger partial charge is 0.337 e. The maximum absolute atomic E-state index is 11.6. The van der Waals surface area contributed by atoms with Gasteiger partial charge in [-0.3, -0.25) is 0 Å². The summed E-state index contributed by atoms with van der Waals surface area (Å²) in [7, 11) is 0. The fraction of sp³-hybridized carbons (Fsp3) is 0.529. The van der Waals surface area contributed by atoms with Crippen LogP contribution in [0.25, 0.3) is 11.0 Å². The highest BCUT2D eigenvalue weighted by Gasteiger charge is 2.26. The van der Waals surface area contributed by atoms with Crippen LogP contribution in [0, 0.1) is 12.8 Å². The molecule has 112 valence electrons. The van der Waals surface area contributed by atoms with Crippen LogP contribution in [-0.2, 0) is 0 Å². The Hall–Kier alpha value is -1.84. The van der Waals surface area contributed by atoms with Gasteiger partial charge in [0, 0.05) is 6.04 Å². The van der Waals surface area contributed by atoms with Gasteiger partial charge in [0.1, 0.15) is 5.82 Å². The number of aromatic nitrogens is 2. The van der Waals surface area contributed by atoms with E-state index in [-0.39, 0.29) is 0 Å². The lowest BCUT2D eigenvalue weighted by Crippen LogP contribution is -2.18. The maximum atomic E-state index is 11.6. The SMILES string of the molecule is Cc1nc2cccc(C(=O)O)c2n1C1CCCCCC1C. The average Bonchev–Trinajstić information content (AvgIpc) is 2.63.